The molecule has 0 radical (unpaired) electrons. The van der Waals surface area contributed by atoms with Gasteiger partial charge in [0.05, 0.1) is 0 Å². The third kappa shape index (κ3) is 3.31. The maximum atomic E-state index is 13.0. The first-order valence-electron chi connectivity index (χ1n) is 9.49. The van der Waals surface area contributed by atoms with Crippen molar-refractivity contribution in [3.63, 3.8) is 0 Å². The number of anilines is 1. The average molecular weight is 397 g/mol. The number of benzene rings is 1. The van der Waals surface area contributed by atoms with E-state index in [4.69, 9.17) is 5.84 Å². The molecule has 1 aliphatic heterocycles. The molecule has 10 heteroatoms. The van der Waals surface area contributed by atoms with Crippen LogP contribution in [0.5, 0.6) is 0 Å². The van der Waals surface area contributed by atoms with Gasteiger partial charge in [-0.3, -0.25) is 19.6 Å². The first-order valence-corrected chi connectivity index (χ1v) is 9.49. The third-order valence-corrected chi connectivity index (χ3v) is 5.28. The Morgan fingerprint density at radius 3 is 2.69 bits per heavy atom. The van der Waals surface area contributed by atoms with Crippen LogP contribution in [0.2, 0.25) is 0 Å². The van der Waals surface area contributed by atoms with Gasteiger partial charge in [-0.15, -0.1) is 0 Å². The fourth-order valence-corrected chi connectivity index (χ4v) is 3.78. The molecule has 0 unspecified atom stereocenters. The Labute approximate surface area is 166 Å². The smallest absolute Gasteiger partial charge is 0.332 e. The van der Waals surface area contributed by atoms with Gasteiger partial charge in [-0.05, 0) is 18.4 Å². The Balaban J connectivity index is 1.77. The number of hydrogen-bond donors (Lipinski definition) is 2. The van der Waals surface area contributed by atoms with Crippen LogP contribution in [0.15, 0.2) is 39.9 Å². The standard InChI is InChI=1S/C19H23N7O3/c1-23-16-15(17(28)26(19(23)29)12-14(27)22-20)25-10-5-9-24(18(25)21-16)11-8-13-6-3-2-4-7-13/h2-4,6-7H,5,8-12,20H2,1H3,(H,22,27). The summed E-state index contributed by atoms with van der Waals surface area (Å²) < 4.78 is 4.05. The highest BCUT2D eigenvalue weighted by Gasteiger charge is 2.26. The van der Waals surface area contributed by atoms with E-state index in [-0.39, 0.29) is 0 Å². The van der Waals surface area contributed by atoms with Crippen molar-refractivity contribution in [1.82, 2.24) is 24.1 Å². The number of carbonyl (C=O) groups excluding carboxylic acids is 1. The quantitative estimate of drug-likeness (QED) is 0.335. The Morgan fingerprint density at radius 2 is 1.97 bits per heavy atom. The number of aryl methyl sites for hydroxylation is 2. The SMILES string of the molecule is Cn1c(=O)n(CC(=O)NN)c(=O)c2c1nc1n2CCCN1CCc1ccccc1. The lowest BCUT2D eigenvalue weighted by Crippen LogP contribution is -2.45. The van der Waals surface area contributed by atoms with Gasteiger partial charge in [0.25, 0.3) is 11.5 Å². The molecule has 0 saturated heterocycles. The van der Waals surface area contributed by atoms with E-state index in [1.807, 2.05) is 28.2 Å². The first-order chi connectivity index (χ1) is 14.0. The van der Waals surface area contributed by atoms with Gasteiger partial charge >= 0.3 is 5.69 Å². The van der Waals surface area contributed by atoms with E-state index in [2.05, 4.69) is 22.0 Å². The van der Waals surface area contributed by atoms with Crippen LogP contribution in [-0.4, -0.2) is 37.7 Å². The van der Waals surface area contributed by atoms with Gasteiger partial charge in [-0.25, -0.2) is 15.2 Å². The fraction of sp³-hybridized carbons (Fsp3) is 0.368. The largest absolute Gasteiger partial charge is 0.342 e. The molecule has 4 rings (SSSR count). The molecule has 2 aromatic heterocycles. The number of imidazole rings is 1. The van der Waals surface area contributed by atoms with E-state index < -0.39 is 23.7 Å². The second kappa shape index (κ2) is 7.55. The molecule has 29 heavy (non-hydrogen) atoms. The van der Waals surface area contributed by atoms with Crippen LogP contribution < -0.4 is 27.4 Å². The molecule has 152 valence electrons. The molecular weight excluding hydrogens is 374 g/mol. The van der Waals surface area contributed by atoms with E-state index in [1.165, 1.54) is 10.1 Å². The van der Waals surface area contributed by atoms with Crippen molar-refractivity contribution in [2.24, 2.45) is 12.9 Å². The van der Waals surface area contributed by atoms with Crippen molar-refractivity contribution in [2.45, 2.75) is 25.9 Å². The van der Waals surface area contributed by atoms with Crippen LogP contribution in [-0.2, 0) is 31.4 Å². The number of fused-ring (bicyclic) bond motifs is 3. The number of aromatic nitrogens is 4. The lowest BCUT2D eigenvalue weighted by Gasteiger charge is -2.29. The number of hydrazine groups is 1. The highest BCUT2D eigenvalue weighted by atomic mass is 16.2. The highest BCUT2D eigenvalue weighted by molar-refractivity contribution is 5.77. The minimum atomic E-state index is -0.619. The molecule has 10 nitrogen and oxygen atoms in total. The number of carbonyl (C=O) groups is 1. The number of nitrogens with zero attached hydrogens (tertiary/aromatic N) is 5. The molecule has 1 aliphatic rings. The fourth-order valence-electron chi connectivity index (χ4n) is 3.78. The summed E-state index contributed by atoms with van der Waals surface area (Å²) in [6.45, 7) is 1.78. The zero-order valence-corrected chi connectivity index (χ0v) is 16.2. The highest BCUT2D eigenvalue weighted by Crippen LogP contribution is 2.24. The van der Waals surface area contributed by atoms with E-state index in [9.17, 15) is 14.4 Å². The summed E-state index contributed by atoms with van der Waals surface area (Å²) in [6.07, 6.45) is 1.71. The van der Waals surface area contributed by atoms with Crippen molar-refractivity contribution in [3.05, 3.63) is 56.7 Å². The Hall–Kier alpha value is -3.40. The second-order valence-corrected chi connectivity index (χ2v) is 7.11. The molecule has 3 aromatic rings. The molecule has 3 N–H and O–H groups in total. The van der Waals surface area contributed by atoms with Crippen molar-refractivity contribution in [2.75, 3.05) is 18.0 Å². The second-order valence-electron chi connectivity index (χ2n) is 7.11. The number of hydrogen-bond acceptors (Lipinski definition) is 6. The summed E-state index contributed by atoms with van der Waals surface area (Å²) in [5.74, 6) is 5.17. The molecule has 0 saturated carbocycles. The van der Waals surface area contributed by atoms with Crippen LogP contribution in [0, 0.1) is 0 Å². The summed E-state index contributed by atoms with van der Waals surface area (Å²) in [5.41, 5.74) is 2.70. The van der Waals surface area contributed by atoms with E-state index in [0.29, 0.717) is 23.7 Å². The average Bonchev–Trinajstić information content (AvgIpc) is 3.14. The van der Waals surface area contributed by atoms with E-state index in [1.54, 1.807) is 7.05 Å². The summed E-state index contributed by atoms with van der Waals surface area (Å²) in [4.78, 5) is 44.0. The summed E-state index contributed by atoms with van der Waals surface area (Å²) in [6, 6.07) is 10.2. The van der Waals surface area contributed by atoms with Crippen molar-refractivity contribution in [1.29, 1.82) is 0 Å². The summed E-state index contributed by atoms with van der Waals surface area (Å²) >= 11 is 0. The van der Waals surface area contributed by atoms with Crippen LogP contribution in [0.25, 0.3) is 11.2 Å². The van der Waals surface area contributed by atoms with Gasteiger partial charge < -0.3 is 9.47 Å². The van der Waals surface area contributed by atoms with Gasteiger partial charge in [0.1, 0.15) is 6.54 Å². The van der Waals surface area contributed by atoms with Crippen molar-refractivity contribution >= 4 is 23.0 Å². The molecular formula is C19H23N7O3. The van der Waals surface area contributed by atoms with Crippen LogP contribution in [0.1, 0.15) is 12.0 Å². The van der Waals surface area contributed by atoms with Gasteiger partial charge in [0.15, 0.2) is 11.2 Å². The summed E-state index contributed by atoms with van der Waals surface area (Å²) in [7, 11) is 1.55. The molecule has 0 fully saturated rings. The Bertz CT molecular complexity index is 1180. The lowest BCUT2D eigenvalue weighted by atomic mass is 10.1. The molecule has 0 atom stereocenters. The zero-order valence-electron chi connectivity index (χ0n) is 16.2. The van der Waals surface area contributed by atoms with Gasteiger partial charge in [-0.2, -0.15) is 4.98 Å². The van der Waals surface area contributed by atoms with E-state index >= 15 is 0 Å². The molecule has 0 spiro atoms. The van der Waals surface area contributed by atoms with Crippen molar-refractivity contribution in [3.8, 4) is 0 Å². The number of nitrogens with two attached hydrogens (primary N) is 1. The van der Waals surface area contributed by atoms with Crippen LogP contribution >= 0.6 is 0 Å². The maximum Gasteiger partial charge on any atom is 0.332 e. The zero-order chi connectivity index (χ0) is 20.5. The lowest BCUT2D eigenvalue weighted by molar-refractivity contribution is -0.121. The molecule has 0 bridgehead atoms. The number of rotatable bonds is 5. The van der Waals surface area contributed by atoms with Crippen LogP contribution in [0.4, 0.5) is 5.95 Å². The van der Waals surface area contributed by atoms with Gasteiger partial charge in [0, 0.05) is 26.7 Å². The summed E-state index contributed by atoms with van der Waals surface area (Å²) in [5, 5.41) is 0. The normalized spacial score (nSPS) is 13.5. The first kappa shape index (κ1) is 18.9. The molecule has 1 aromatic carbocycles. The maximum absolute atomic E-state index is 13.0. The van der Waals surface area contributed by atoms with Crippen LogP contribution in [0.3, 0.4) is 0 Å². The Morgan fingerprint density at radius 1 is 1.21 bits per heavy atom. The minimum Gasteiger partial charge on any atom is -0.342 e. The number of amides is 1. The molecule has 1 amide bonds. The monoisotopic (exact) mass is 397 g/mol. The van der Waals surface area contributed by atoms with Gasteiger partial charge in [0.2, 0.25) is 5.95 Å². The van der Waals surface area contributed by atoms with E-state index in [0.717, 1.165) is 30.5 Å². The third-order valence-electron chi connectivity index (χ3n) is 5.28. The Kier molecular flexibility index (Phi) is 4.93. The predicted molar refractivity (Wildman–Crippen MR) is 109 cm³/mol. The predicted octanol–water partition coefficient (Wildman–Crippen LogP) is -0.661. The van der Waals surface area contributed by atoms with Crippen molar-refractivity contribution < 1.29 is 4.79 Å². The molecule has 0 aliphatic carbocycles. The van der Waals surface area contributed by atoms with Gasteiger partial charge in [-0.1, -0.05) is 30.3 Å². The number of nitrogens with one attached hydrogen (secondary N) is 1. The molecule has 3 heterocycles. The topological polar surface area (TPSA) is 120 Å². The minimum absolute atomic E-state index is 0.325.